The highest BCUT2D eigenvalue weighted by atomic mass is 16.5. The van der Waals surface area contributed by atoms with Crippen LogP contribution in [0.5, 0.6) is 5.75 Å². The lowest BCUT2D eigenvalue weighted by Crippen LogP contribution is -2.67. The molecule has 0 saturated carbocycles. The number of benzene rings is 1. The Kier molecular flexibility index (Phi) is 5.44. The fourth-order valence-corrected chi connectivity index (χ4v) is 3.89. The lowest BCUT2D eigenvalue weighted by Gasteiger charge is -2.46. The number of aliphatic hydroxyl groups is 1. The van der Waals surface area contributed by atoms with Gasteiger partial charge < -0.3 is 20.1 Å². The number of hydrogen-bond acceptors (Lipinski definition) is 5. The number of carbonyl (C=O) groups is 2. The molecule has 7 heteroatoms. The summed E-state index contributed by atoms with van der Waals surface area (Å²) in [6.45, 7) is 6.01. The van der Waals surface area contributed by atoms with Gasteiger partial charge in [0.2, 0.25) is 5.91 Å². The Morgan fingerprint density at radius 3 is 2.78 bits per heavy atom. The molecule has 0 spiro atoms. The minimum atomic E-state index is -1.47. The average Bonchev–Trinajstić information content (AvgIpc) is 2.64. The lowest BCUT2D eigenvalue weighted by molar-refractivity contribution is -0.164. The van der Waals surface area contributed by atoms with E-state index in [0.717, 1.165) is 17.7 Å². The molecule has 2 saturated heterocycles. The number of rotatable bonds is 5. The van der Waals surface area contributed by atoms with Crippen molar-refractivity contribution in [2.24, 2.45) is 0 Å². The summed E-state index contributed by atoms with van der Waals surface area (Å²) >= 11 is 0. The van der Waals surface area contributed by atoms with Gasteiger partial charge in [0.05, 0.1) is 12.6 Å². The normalized spacial score (nSPS) is 26.0. The average molecular weight is 375 g/mol. The highest BCUT2D eigenvalue weighted by molar-refractivity contribution is 5.88. The number of piperidine rings is 1. The lowest BCUT2D eigenvalue weighted by atomic mass is 9.88. The topological polar surface area (TPSA) is 82.1 Å². The summed E-state index contributed by atoms with van der Waals surface area (Å²) in [5.74, 6) is 0.403. The second-order valence-corrected chi connectivity index (χ2v) is 7.95. The van der Waals surface area contributed by atoms with E-state index in [1.165, 1.54) is 0 Å². The summed E-state index contributed by atoms with van der Waals surface area (Å²) in [6.07, 6.45) is 1.14. The number of piperazine rings is 1. The SMILES string of the molecule is COc1cccc(CN2CCCC(O)(CN3CCNC(=O)C3(C)C)C2=O)c1. The van der Waals surface area contributed by atoms with Crippen LogP contribution in [0.25, 0.3) is 0 Å². The van der Waals surface area contributed by atoms with Gasteiger partial charge in [0.15, 0.2) is 5.60 Å². The predicted molar refractivity (Wildman–Crippen MR) is 101 cm³/mol. The van der Waals surface area contributed by atoms with Crippen molar-refractivity contribution < 1.29 is 19.4 Å². The molecular weight excluding hydrogens is 346 g/mol. The van der Waals surface area contributed by atoms with Gasteiger partial charge in [-0.05, 0) is 44.4 Å². The number of methoxy groups -OCH3 is 1. The van der Waals surface area contributed by atoms with Gasteiger partial charge in [0.1, 0.15) is 5.75 Å². The summed E-state index contributed by atoms with van der Waals surface area (Å²) in [4.78, 5) is 28.9. The van der Waals surface area contributed by atoms with Crippen molar-refractivity contribution in [3.05, 3.63) is 29.8 Å². The molecule has 148 valence electrons. The smallest absolute Gasteiger partial charge is 0.256 e. The monoisotopic (exact) mass is 375 g/mol. The van der Waals surface area contributed by atoms with E-state index in [9.17, 15) is 14.7 Å². The van der Waals surface area contributed by atoms with E-state index < -0.39 is 11.1 Å². The summed E-state index contributed by atoms with van der Waals surface area (Å²) in [6, 6.07) is 7.60. The van der Waals surface area contributed by atoms with Crippen LogP contribution in [0.2, 0.25) is 0 Å². The van der Waals surface area contributed by atoms with Gasteiger partial charge in [-0.1, -0.05) is 12.1 Å². The molecular formula is C20H29N3O4. The van der Waals surface area contributed by atoms with Crippen LogP contribution in [-0.2, 0) is 16.1 Å². The summed E-state index contributed by atoms with van der Waals surface area (Å²) in [5, 5.41) is 14.0. The molecule has 2 aliphatic rings. The van der Waals surface area contributed by atoms with Crippen molar-refractivity contribution in [2.45, 2.75) is 44.4 Å². The van der Waals surface area contributed by atoms with Crippen molar-refractivity contribution in [1.29, 1.82) is 0 Å². The van der Waals surface area contributed by atoms with Crippen LogP contribution in [0.15, 0.2) is 24.3 Å². The van der Waals surface area contributed by atoms with Gasteiger partial charge in [-0.25, -0.2) is 0 Å². The maximum absolute atomic E-state index is 13.1. The first-order chi connectivity index (χ1) is 12.8. The third-order valence-electron chi connectivity index (χ3n) is 5.68. The van der Waals surface area contributed by atoms with Crippen LogP contribution >= 0.6 is 0 Å². The zero-order chi connectivity index (χ0) is 19.7. The van der Waals surface area contributed by atoms with E-state index in [0.29, 0.717) is 32.6 Å². The van der Waals surface area contributed by atoms with Gasteiger partial charge in [0, 0.05) is 32.7 Å². The van der Waals surface area contributed by atoms with Crippen molar-refractivity contribution >= 4 is 11.8 Å². The van der Waals surface area contributed by atoms with E-state index >= 15 is 0 Å². The number of hydrogen-bond donors (Lipinski definition) is 2. The highest BCUT2D eigenvalue weighted by Crippen LogP contribution is 2.29. The molecule has 1 aromatic carbocycles. The number of amides is 2. The van der Waals surface area contributed by atoms with Crippen molar-refractivity contribution in [3.8, 4) is 5.75 Å². The van der Waals surface area contributed by atoms with E-state index in [4.69, 9.17) is 4.74 Å². The molecule has 1 atom stereocenters. The van der Waals surface area contributed by atoms with Gasteiger partial charge >= 0.3 is 0 Å². The quantitative estimate of drug-likeness (QED) is 0.794. The number of β-amino-alcohol motifs (C(OH)–C–C–N with tert-alkyl or cyclic N) is 1. The second-order valence-electron chi connectivity index (χ2n) is 7.95. The Morgan fingerprint density at radius 1 is 1.26 bits per heavy atom. The van der Waals surface area contributed by atoms with Crippen LogP contribution in [-0.4, -0.2) is 71.1 Å². The maximum atomic E-state index is 13.1. The van der Waals surface area contributed by atoms with E-state index in [2.05, 4.69) is 5.32 Å². The minimum Gasteiger partial charge on any atom is -0.497 e. The predicted octanol–water partition coefficient (Wildman–Crippen LogP) is 0.759. The van der Waals surface area contributed by atoms with Gasteiger partial charge in [0.25, 0.3) is 5.91 Å². The van der Waals surface area contributed by atoms with Crippen LogP contribution < -0.4 is 10.1 Å². The zero-order valence-electron chi connectivity index (χ0n) is 16.3. The molecule has 0 aliphatic carbocycles. The summed E-state index contributed by atoms with van der Waals surface area (Å²) in [5.41, 5.74) is -1.25. The molecule has 1 unspecified atom stereocenters. The number of nitrogens with zero attached hydrogens (tertiary/aromatic N) is 2. The molecule has 1 aromatic rings. The van der Waals surface area contributed by atoms with E-state index in [1.54, 1.807) is 12.0 Å². The molecule has 7 nitrogen and oxygen atoms in total. The first kappa shape index (κ1) is 19.6. The molecule has 2 N–H and O–H groups in total. The molecule has 2 fully saturated rings. The minimum absolute atomic E-state index is 0.0751. The van der Waals surface area contributed by atoms with Crippen molar-refractivity contribution in [2.75, 3.05) is 33.3 Å². The fourth-order valence-electron chi connectivity index (χ4n) is 3.89. The molecule has 0 aromatic heterocycles. The second kappa shape index (κ2) is 7.48. The number of carbonyl (C=O) groups excluding carboxylic acids is 2. The Labute approximate surface area is 160 Å². The molecule has 3 rings (SSSR count). The maximum Gasteiger partial charge on any atom is 0.256 e. The van der Waals surface area contributed by atoms with Crippen molar-refractivity contribution in [1.82, 2.24) is 15.1 Å². The first-order valence-electron chi connectivity index (χ1n) is 9.44. The Balaban J connectivity index is 1.74. The first-order valence-corrected chi connectivity index (χ1v) is 9.44. The van der Waals surface area contributed by atoms with Gasteiger partial charge in [-0.3, -0.25) is 14.5 Å². The molecule has 0 radical (unpaired) electrons. The molecule has 2 amide bonds. The number of likely N-dealkylation sites (tertiary alicyclic amines) is 1. The third-order valence-corrected chi connectivity index (χ3v) is 5.68. The molecule has 27 heavy (non-hydrogen) atoms. The van der Waals surface area contributed by atoms with Crippen molar-refractivity contribution in [3.63, 3.8) is 0 Å². The molecule has 2 aliphatic heterocycles. The van der Waals surface area contributed by atoms with E-state index in [-0.39, 0.29) is 18.4 Å². The Morgan fingerprint density at radius 2 is 2.04 bits per heavy atom. The van der Waals surface area contributed by atoms with Crippen LogP contribution in [0.3, 0.4) is 0 Å². The standard InChI is InChI=1S/C20H29N3O4/c1-19(2)17(24)21-9-11-23(19)14-20(26)8-5-10-22(18(20)25)13-15-6-4-7-16(12-15)27-3/h4,6-7,12,26H,5,8-11,13-14H2,1-3H3,(H,21,24). The van der Waals surface area contributed by atoms with Gasteiger partial charge in [-0.2, -0.15) is 0 Å². The largest absolute Gasteiger partial charge is 0.497 e. The molecule has 0 bridgehead atoms. The fraction of sp³-hybridized carbons (Fsp3) is 0.600. The summed E-state index contributed by atoms with van der Waals surface area (Å²) in [7, 11) is 1.61. The highest BCUT2D eigenvalue weighted by Gasteiger charge is 2.47. The molecule has 2 heterocycles. The van der Waals surface area contributed by atoms with Crippen LogP contribution in [0.4, 0.5) is 0 Å². The number of ether oxygens (including phenoxy) is 1. The van der Waals surface area contributed by atoms with E-state index in [1.807, 2.05) is 43.0 Å². The van der Waals surface area contributed by atoms with Crippen LogP contribution in [0.1, 0.15) is 32.3 Å². The third kappa shape index (κ3) is 3.94. The van der Waals surface area contributed by atoms with Gasteiger partial charge in [-0.15, -0.1) is 0 Å². The van der Waals surface area contributed by atoms with Crippen LogP contribution in [0, 0.1) is 0 Å². The number of nitrogens with one attached hydrogen (secondary N) is 1. The summed E-state index contributed by atoms with van der Waals surface area (Å²) < 4.78 is 5.25. The Hall–Kier alpha value is -2.12. The zero-order valence-corrected chi connectivity index (χ0v) is 16.3. The Bertz CT molecular complexity index is 721.